The van der Waals surface area contributed by atoms with E-state index in [1.54, 1.807) is 0 Å². The Morgan fingerprint density at radius 3 is 2.08 bits per heavy atom. The molecule has 4 nitrogen and oxygen atoms in total. The Morgan fingerprint density at radius 1 is 1.38 bits per heavy atom. The molecule has 0 aromatic rings. The first-order valence-electron chi connectivity index (χ1n) is 4.05. The summed E-state index contributed by atoms with van der Waals surface area (Å²) in [5.74, 6) is 0.165. The summed E-state index contributed by atoms with van der Waals surface area (Å²) in [6, 6.07) is 0.235. The zero-order valence-corrected chi connectivity index (χ0v) is 8.00. The number of nitrogens with one attached hydrogen (secondary N) is 1. The van der Waals surface area contributed by atoms with Crippen LogP contribution < -0.4 is 5.32 Å². The molecule has 0 amide bonds. The molecule has 0 bridgehead atoms. The Hall–Kier alpha value is -1.06. The van der Waals surface area contributed by atoms with Crippen molar-refractivity contribution in [2.75, 3.05) is 0 Å². The summed E-state index contributed by atoms with van der Waals surface area (Å²) >= 11 is 0. The smallest absolute Gasteiger partial charge is 0.253 e. The third-order valence-electron chi connectivity index (χ3n) is 1.32. The molecule has 0 aromatic carbocycles. The van der Waals surface area contributed by atoms with Gasteiger partial charge in [-0.05, 0) is 19.8 Å². The highest BCUT2D eigenvalue weighted by Gasteiger charge is 2.08. The van der Waals surface area contributed by atoms with E-state index in [1.807, 2.05) is 27.7 Å². The van der Waals surface area contributed by atoms with E-state index in [2.05, 4.69) is 5.32 Å². The molecule has 0 unspecified atom stereocenters. The monoisotopic (exact) mass is 188 g/mol. The quantitative estimate of drug-likeness (QED) is 0.544. The maximum Gasteiger partial charge on any atom is 0.253 e. The van der Waals surface area contributed by atoms with E-state index in [4.69, 9.17) is 0 Å². The third kappa shape index (κ3) is 7.31. The average molecular weight is 188 g/mol. The summed E-state index contributed by atoms with van der Waals surface area (Å²) in [7, 11) is 0. The van der Waals surface area contributed by atoms with E-state index in [0.717, 1.165) is 6.20 Å². The predicted molar refractivity (Wildman–Crippen MR) is 54.9 cm³/mol. The second-order valence-corrected chi connectivity index (χ2v) is 3.32. The van der Waals surface area contributed by atoms with Gasteiger partial charge in [0.05, 0.1) is 10.6 Å². The van der Waals surface area contributed by atoms with Crippen LogP contribution in [0.4, 0.5) is 0 Å². The lowest BCUT2D eigenvalue weighted by molar-refractivity contribution is -0.404. The molecule has 0 aliphatic carbocycles. The zero-order chi connectivity index (χ0) is 9.72. The van der Waals surface area contributed by atoms with Crippen molar-refractivity contribution in [2.24, 2.45) is 5.92 Å². The third-order valence-corrected chi connectivity index (χ3v) is 1.32. The van der Waals surface area contributed by atoms with Crippen molar-refractivity contribution in [3.05, 3.63) is 22.0 Å². The predicted octanol–water partition coefficient (Wildman–Crippen LogP) is 2.39. The Morgan fingerprint density at radius 2 is 1.85 bits per heavy atom. The average Bonchev–Trinajstić information content (AvgIpc) is 1.83. The van der Waals surface area contributed by atoms with Crippen LogP contribution >= 0.6 is 0 Å². The summed E-state index contributed by atoms with van der Waals surface area (Å²) in [4.78, 5) is 9.76. The molecule has 0 saturated carbocycles. The van der Waals surface area contributed by atoms with Crippen LogP contribution in [0.15, 0.2) is 11.9 Å². The van der Waals surface area contributed by atoms with Gasteiger partial charge >= 0.3 is 0 Å². The molecule has 0 aliphatic heterocycles. The fraction of sp³-hybridized carbons (Fsp3) is 0.778. The molecule has 1 N–H and O–H groups in total. The molecule has 0 fully saturated rings. The van der Waals surface area contributed by atoms with Crippen molar-refractivity contribution in [3.8, 4) is 0 Å². The fourth-order valence-corrected chi connectivity index (χ4v) is 0.800. The van der Waals surface area contributed by atoms with Crippen LogP contribution in [0.2, 0.25) is 0 Å². The molecular formula is C9H20N2O2. The minimum Gasteiger partial charge on any atom is -0.381 e. The largest absolute Gasteiger partial charge is 0.381 e. The first-order valence-corrected chi connectivity index (χ1v) is 4.05. The summed E-state index contributed by atoms with van der Waals surface area (Å²) in [6.45, 7) is 7.75. The van der Waals surface area contributed by atoms with Gasteiger partial charge in [-0.1, -0.05) is 21.3 Å². The van der Waals surface area contributed by atoms with E-state index in [0.29, 0.717) is 5.70 Å². The molecule has 0 heterocycles. The Kier molecular flexibility index (Phi) is 7.18. The number of hydrogen-bond acceptors (Lipinski definition) is 3. The van der Waals surface area contributed by atoms with E-state index in [1.165, 1.54) is 0 Å². The summed E-state index contributed by atoms with van der Waals surface area (Å²) < 4.78 is 0. The van der Waals surface area contributed by atoms with Crippen molar-refractivity contribution in [1.29, 1.82) is 0 Å². The van der Waals surface area contributed by atoms with Crippen molar-refractivity contribution in [1.82, 2.24) is 5.32 Å². The van der Waals surface area contributed by atoms with Crippen molar-refractivity contribution < 1.29 is 4.92 Å². The molecule has 0 atom stereocenters. The lowest BCUT2D eigenvalue weighted by Crippen LogP contribution is -2.25. The van der Waals surface area contributed by atoms with Gasteiger partial charge in [0.1, 0.15) is 0 Å². The van der Waals surface area contributed by atoms with Gasteiger partial charge in [-0.2, -0.15) is 0 Å². The molecule has 13 heavy (non-hydrogen) atoms. The summed E-state index contributed by atoms with van der Waals surface area (Å²) in [6.07, 6.45) is 1.03. The van der Waals surface area contributed by atoms with Crippen LogP contribution in [0.5, 0.6) is 0 Å². The molecule has 0 rings (SSSR count). The highest BCUT2D eigenvalue weighted by Crippen LogP contribution is 2.06. The normalized spacial score (nSPS) is 11.4. The molecule has 4 heteroatoms. The standard InChI is InChI=1S/C8H16N2O2.CH4/c1-6(2)8(5-10(11)12)9-7(3)4;/h5-7,9H,1-4H3;1H4/b8-5+;. The number of hydrogen-bond donors (Lipinski definition) is 1. The van der Waals surface area contributed by atoms with Gasteiger partial charge in [-0.3, -0.25) is 10.1 Å². The van der Waals surface area contributed by atoms with E-state index < -0.39 is 4.92 Å². The van der Waals surface area contributed by atoms with Crippen LogP contribution in [-0.2, 0) is 0 Å². The van der Waals surface area contributed by atoms with Gasteiger partial charge in [-0.25, -0.2) is 0 Å². The summed E-state index contributed by atoms with van der Waals surface area (Å²) in [5.41, 5.74) is 0.676. The van der Waals surface area contributed by atoms with Crippen molar-refractivity contribution in [3.63, 3.8) is 0 Å². The van der Waals surface area contributed by atoms with Gasteiger partial charge in [0, 0.05) is 6.04 Å². The minimum atomic E-state index is -0.426. The first-order chi connectivity index (χ1) is 5.43. The van der Waals surface area contributed by atoms with Crippen LogP contribution in [0.25, 0.3) is 0 Å². The number of allylic oxidation sites excluding steroid dienone is 1. The second-order valence-electron chi connectivity index (χ2n) is 3.32. The molecule has 0 spiro atoms. The lowest BCUT2D eigenvalue weighted by Gasteiger charge is -2.14. The maximum atomic E-state index is 10.2. The Balaban J connectivity index is 0. The van der Waals surface area contributed by atoms with Gasteiger partial charge in [0.2, 0.25) is 0 Å². The summed E-state index contributed by atoms with van der Waals surface area (Å²) in [5, 5.41) is 13.2. The van der Waals surface area contributed by atoms with Crippen LogP contribution in [-0.4, -0.2) is 11.0 Å². The van der Waals surface area contributed by atoms with Crippen molar-refractivity contribution in [2.45, 2.75) is 41.2 Å². The van der Waals surface area contributed by atoms with Crippen molar-refractivity contribution >= 4 is 0 Å². The van der Waals surface area contributed by atoms with Crippen LogP contribution in [0, 0.1) is 16.0 Å². The molecule has 78 valence electrons. The number of nitrogens with zero attached hydrogens (tertiary/aromatic N) is 1. The Bertz CT molecular complexity index is 186. The lowest BCUT2D eigenvalue weighted by atomic mass is 10.1. The van der Waals surface area contributed by atoms with E-state index in [9.17, 15) is 10.1 Å². The minimum absolute atomic E-state index is 0. The van der Waals surface area contributed by atoms with Crippen LogP contribution in [0.3, 0.4) is 0 Å². The van der Waals surface area contributed by atoms with Gasteiger partial charge in [-0.15, -0.1) is 0 Å². The SMILES string of the molecule is C.CC(C)N/C(=C/[N+](=O)[O-])C(C)C. The topological polar surface area (TPSA) is 55.2 Å². The first kappa shape index (κ1) is 14.5. The number of rotatable bonds is 4. The molecule has 0 aromatic heterocycles. The highest BCUT2D eigenvalue weighted by molar-refractivity contribution is 4.98. The van der Waals surface area contributed by atoms with Gasteiger partial charge in [0.25, 0.3) is 6.20 Å². The van der Waals surface area contributed by atoms with Gasteiger partial charge < -0.3 is 5.32 Å². The maximum absolute atomic E-state index is 10.2. The zero-order valence-electron chi connectivity index (χ0n) is 8.00. The second kappa shape index (κ2) is 6.46. The van der Waals surface area contributed by atoms with Crippen LogP contribution in [0.1, 0.15) is 35.1 Å². The molecule has 0 saturated heterocycles. The number of nitro groups is 1. The van der Waals surface area contributed by atoms with E-state index in [-0.39, 0.29) is 19.4 Å². The molecule has 0 aliphatic rings. The van der Waals surface area contributed by atoms with Gasteiger partial charge in [0.15, 0.2) is 0 Å². The highest BCUT2D eigenvalue weighted by atomic mass is 16.6. The van der Waals surface area contributed by atoms with E-state index >= 15 is 0 Å². The molecular weight excluding hydrogens is 168 g/mol. The fourth-order valence-electron chi connectivity index (χ4n) is 0.800. The Labute approximate surface area is 80.2 Å². The molecule has 0 radical (unpaired) electrons.